The zero-order chi connectivity index (χ0) is 18.8. The van der Waals surface area contributed by atoms with Gasteiger partial charge >= 0.3 is 14.2 Å². The van der Waals surface area contributed by atoms with E-state index in [1.807, 2.05) is 0 Å². The van der Waals surface area contributed by atoms with Crippen LogP contribution in [-0.2, 0) is 16.9 Å². The molecule has 25 heavy (non-hydrogen) atoms. The van der Waals surface area contributed by atoms with Crippen LogP contribution >= 0.6 is 19.6 Å². The Bertz CT molecular complexity index is 844. The Labute approximate surface area is 144 Å². The Balaban J connectivity index is 2.34. The van der Waals surface area contributed by atoms with Crippen LogP contribution in [0.2, 0.25) is 5.02 Å². The monoisotopic (exact) mass is 394 g/mol. The number of hydrogen-bond donors (Lipinski definition) is 1. The third kappa shape index (κ3) is 4.88. The highest BCUT2D eigenvalue weighted by Gasteiger charge is 2.31. The summed E-state index contributed by atoms with van der Waals surface area (Å²) in [5.41, 5.74) is -1.37. The lowest BCUT2D eigenvalue weighted by Gasteiger charge is -2.11. The number of hydrogen-bond acceptors (Lipinski definition) is 4. The van der Waals surface area contributed by atoms with Gasteiger partial charge in [-0.2, -0.15) is 18.1 Å². The van der Waals surface area contributed by atoms with Gasteiger partial charge in [-0.1, -0.05) is 11.6 Å². The maximum absolute atomic E-state index is 12.6. The van der Waals surface area contributed by atoms with Gasteiger partial charge in [0.15, 0.2) is 0 Å². The summed E-state index contributed by atoms with van der Waals surface area (Å²) < 4.78 is 54.1. The summed E-state index contributed by atoms with van der Waals surface area (Å²) in [7, 11) is -2.67. The molecule has 0 aliphatic rings. The molecule has 0 spiro atoms. The van der Waals surface area contributed by atoms with Gasteiger partial charge in [0, 0.05) is 6.07 Å². The molecule has 11 heteroatoms. The van der Waals surface area contributed by atoms with Crippen LogP contribution in [-0.4, -0.2) is 9.82 Å². The lowest BCUT2D eigenvalue weighted by molar-refractivity contribution is -0.385. The Hall–Kier alpha value is -2.22. The van der Waals surface area contributed by atoms with E-state index in [4.69, 9.17) is 21.2 Å². The number of rotatable bonds is 5. The van der Waals surface area contributed by atoms with Crippen LogP contribution in [0.4, 0.5) is 18.9 Å². The summed E-state index contributed by atoms with van der Waals surface area (Å²) in [4.78, 5) is 19.2. The topological polar surface area (TPSA) is 89.7 Å². The molecule has 2 rings (SSSR count). The van der Waals surface area contributed by atoms with Gasteiger partial charge in [0.25, 0.3) is 5.69 Å². The second-order valence-electron chi connectivity index (χ2n) is 4.80. The van der Waals surface area contributed by atoms with Gasteiger partial charge in [0.05, 0.1) is 21.1 Å². The van der Waals surface area contributed by atoms with Gasteiger partial charge in [0.2, 0.25) is 6.16 Å². The number of halogens is 4. The number of nitro benzene ring substituents is 1. The minimum absolute atomic E-state index is 0.0270. The zero-order valence-corrected chi connectivity index (χ0v) is 13.8. The van der Waals surface area contributed by atoms with Crippen LogP contribution < -0.4 is 4.74 Å². The minimum atomic E-state index is -4.56. The molecule has 0 bridgehead atoms. The first-order chi connectivity index (χ1) is 11.6. The van der Waals surface area contributed by atoms with E-state index in [1.165, 1.54) is 6.07 Å². The number of nitro groups is 1. The van der Waals surface area contributed by atoms with Gasteiger partial charge in [-0.3, -0.25) is 10.1 Å². The molecule has 1 N–H and O–H groups in total. The van der Waals surface area contributed by atoms with Gasteiger partial charge in [-0.25, -0.2) is 0 Å². The quantitative estimate of drug-likeness (QED) is 0.422. The summed E-state index contributed by atoms with van der Waals surface area (Å²) in [5, 5.41) is 10.6. The maximum atomic E-state index is 12.6. The van der Waals surface area contributed by atoms with E-state index in [0.717, 1.165) is 24.3 Å². The number of alkyl halides is 3. The normalized spacial score (nSPS) is 12.0. The van der Waals surface area contributed by atoms with Gasteiger partial charge < -0.3 is 4.74 Å². The summed E-state index contributed by atoms with van der Waals surface area (Å²) in [6.07, 6.45) is -5.03. The highest BCUT2D eigenvalue weighted by molar-refractivity contribution is 7.37. The first-order valence-corrected chi connectivity index (χ1v) is 8.31. The molecule has 0 aliphatic heterocycles. The molecular weight excluding hydrogens is 386 g/mol. The predicted molar refractivity (Wildman–Crippen MR) is 83.2 cm³/mol. The lowest BCUT2D eigenvalue weighted by atomic mass is 10.2. The molecule has 0 saturated heterocycles. The van der Waals surface area contributed by atoms with Crippen molar-refractivity contribution in [2.24, 2.45) is 0 Å². The average molecular weight is 395 g/mol. The SMILES string of the molecule is O=[N+]([O-])c1ccc(Oc2ccc(C(F)(F)F)cc2Cl)cc1C[P+](=O)O. The Kier molecular flexibility index (Phi) is 5.62. The standard InChI is InChI=1S/C14H8ClF3NO5P/c15-11-6-9(14(16,17)18)1-4-13(11)24-10-2-3-12(19(20)21)8(5-10)7-25(22)23/h1-6H,7H2/p+1. The van der Waals surface area contributed by atoms with E-state index in [0.29, 0.717) is 6.07 Å². The first-order valence-electron chi connectivity index (χ1n) is 6.53. The average Bonchev–Trinajstić information content (AvgIpc) is 2.47. The van der Waals surface area contributed by atoms with Crippen molar-refractivity contribution < 1.29 is 32.3 Å². The van der Waals surface area contributed by atoms with Gasteiger partial charge in [-0.15, -0.1) is 0 Å². The number of ether oxygens (including phenoxy) is 1. The third-order valence-electron chi connectivity index (χ3n) is 3.04. The van der Waals surface area contributed by atoms with Crippen LogP contribution in [0.3, 0.4) is 0 Å². The third-order valence-corrected chi connectivity index (χ3v) is 3.95. The summed E-state index contributed by atoms with van der Waals surface area (Å²) in [6, 6.07) is 5.92. The van der Waals surface area contributed by atoms with E-state index >= 15 is 0 Å². The van der Waals surface area contributed by atoms with Crippen molar-refractivity contribution >= 4 is 25.3 Å². The van der Waals surface area contributed by atoms with Crippen LogP contribution in [0, 0.1) is 10.1 Å². The van der Waals surface area contributed by atoms with E-state index in [-0.39, 0.29) is 27.8 Å². The summed E-state index contributed by atoms with van der Waals surface area (Å²) in [5.74, 6) is -0.0676. The molecule has 0 aliphatic carbocycles. The first kappa shape index (κ1) is 19.1. The van der Waals surface area contributed by atoms with E-state index in [2.05, 4.69) is 0 Å². The predicted octanol–water partition coefficient (Wildman–Crippen LogP) is 5.29. The fourth-order valence-electron chi connectivity index (χ4n) is 1.96. The largest absolute Gasteiger partial charge is 0.510 e. The van der Waals surface area contributed by atoms with E-state index in [1.54, 1.807) is 0 Å². The molecule has 1 unspecified atom stereocenters. The molecule has 0 saturated carbocycles. The Morgan fingerprint density at radius 3 is 2.44 bits per heavy atom. The van der Waals surface area contributed by atoms with E-state index < -0.39 is 30.9 Å². The van der Waals surface area contributed by atoms with Crippen molar-refractivity contribution in [3.8, 4) is 11.5 Å². The maximum Gasteiger partial charge on any atom is 0.510 e. The van der Waals surface area contributed by atoms with Crippen LogP contribution in [0.25, 0.3) is 0 Å². The van der Waals surface area contributed by atoms with Crippen molar-refractivity contribution in [1.82, 2.24) is 0 Å². The molecule has 2 aromatic rings. The van der Waals surface area contributed by atoms with Crippen LogP contribution in [0.1, 0.15) is 11.1 Å². The highest BCUT2D eigenvalue weighted by atomic mass is 35.5. The molecule has 0 amide bonds. The molecule has 0 aromatic heterocycles. The molecule has 0 fully saturated rings. The second kappa shape index (κ2) is 7.35. The number of nitrogens with zero attached hydrogens (tertiary/aromatic N) is 1. The summed E-state index contributed by atoms with van der Waals surface area (Å²) in [6.45, 7) is 0. The van der Waals surface area contributed by atoms with Crippen molar-refractivity contribution in [3.05, 3.63) is 62.7 Å². The zero-order valence-electron chi connectivity index (χ0n) is 12.2. The van der Waals surface area contributed by atoms with Crippen molar-refractivity contribution in [1.29, 1.82) is 0 Å². The van der Waals surface area contributed by atoms with Crippen LogP contribution in [0.15, 0.2) is 36.4 Å². The second-order valence-corrected chi connectivity index (χ2v) is 6.23. The van der Waals surface area contributed by atoms with E-state index in [9.17, 15) is 27.9 Å². The lowest BCUT2D eigenvalue weighted by Crippen LogP contribution is -2.04. The molecule has 132 valence electrons. The molecule has 1 atom stereocenters. The molecule has 0 radical (unpaired) electrons. The highest BCUT2D eigenvalue weighted by Crippen LogP contribution is 2.38. The fourth-order valence-corrected chi connectivity index (χ4v) is 2.73. The Morgan fingerprint density at radius 2 is 1.92 bits per heavy atom. The fraction of sp³-hybridized carbons (Fsp3) is 0.143. The van der Waals surface area contributed by atoms with Gasteiger partial charge in [0.1, 0.15) is 11.5 Å². The van der Waals surface area contributed by atoms with Crippen LogP contribution in [0.5, 0.6) is 11.5 Å². The minimum Gasteiger partial charge on any atom is -0.456 e. The van der Waals surface area contributed by atoms with Gasteiger partial charge in [-0.05, 0) is 34.9 Å². The molecule has 0 heterocycles. The molecular formula is C14H9ClF3NO5P+. The molecule has 6 nitrogen and oxygen atoms in total. The summed E-state index contributed by atoms with van der Waals surface area (Å²) >= 11 is 5.77. The van der Waals surface area contributed by atoms with Crippen molar-refractivity contribution in [3.63, 3.8) is 0 Å². The van der Waals surface area contributed by atoms with Crippen molar-refractivity contribution in [2.45, 2.75) is 12.3 Å². The number of benzene rings is 2. The smallest absolute Gasteiger partial charge is 0.456 e. The van der Waals surface area contributed by atoms with Crippen molar-refractivity contribution in [2.75, 3.05) is 0 Å². The Morgan fingerprint density at radius 1 is 1.24 bits per heavy atom. The molecule has 2 aromatic carbocycles.